The van der Waals surface area contributed by atoms with Gasteiger partial charge >= 0.3 is 0 Å². The predicted octanol–water partition coefficient (Wildman–Crippen LogP) is 3.50. The first kappa shape index (κ1) is 14.2. The normalized spacial score (nSPS) is 19.9. The first-order chi connectivity index (χ1) is 9.22. The number of rotatable bonds is 4. The van der Waals surface area contributed by atoms with Crippen molar-refractivity contribution >= 4 is 17.3 Å². The van der Waals surface area contributed by atoms with Gasteiger partial charge in [0, 0.05) is 19.1 Å². The molecule has 1 aliphatic rings. The minimum atomic E-state index is 0.610. The molecule has 0 aliphatic carbocycles. The van der Waals surface area contributed by atoms with E-state index in [0.717, 1.165) is 18.8 Å². The number of likely N-dealkylation sites (tertiary alicyclic amines) is 1. The summed E-state index contributed by atoms with van der Waals surface area (Å²) in [6, 6.07) is 8.24. The molecule has 2 rings (SSSR count). The van der Waals surface area contributed by atoms with Crippen LogP contribution in [-0.4, -0.2) is 30.6 Å². The average molecular weight is 278 g/mol. The molecule has 1 aromatic carbocycles. The average Bonchev–Trinajstić information content (AvgIpc) is 2.42. The SMILES string of the molecule is CC1CCCCN1CCNc1c(Cl)cccc1C#N. The third-order valence-electron chi connectivity index (χ3n) is 3.78. The van der Waals surface area contributed by atoms with Crippen molar-refractivity contribution in [1.29, 1.82) is 5.26 Å². The van der Waals surface area contributed by atoms with Gasteiger partial charge in [0.05, 0.1) is 16.3 Å². The fourth-order valence-electron chi connectivity index (χ4n) is 2.61. The van der Waals surface area contributed by atoms with E-state index in [9.17, 15) is 0 Å². The van der Waals surface area contributed by atoms with E-state index < -0.39 is 0 Å². The molecule has 1 atom stereocenters. The smallest absolute Gasteiger partial charge is 0.101 e. The van der Waals surface area contributed by atoms with Gasteiger partial charge in [0.15, 0.2) is 0 Å². The first-order valence-corrected chi connectivity index (χ1v) is 7.26. The minimum absolute atomic E-state index is 0.610. The van der Waals surface area contributed by atoms with E-state index in [4.69, 9.17) is 16.9 Å². The summed E-state index contributed by atoms with van der Waals surface area (Å²) >= 11 is 6.13. The van der Waals surface area contributed by atoms with Gasteiger partial charge < -0.3 is 5.32 Å². The maximum Gasteiger partial charge on any atom is 0.101 e. The number of piperidine rings is 1. The van der Waals surface area contributed by atoms with Gasteiger partial charge in [-0.15, -0.1) is 0 Å². The molecule has 1 unspecified atom stereocenters. The molecule has 1 saturated heterocycles. The third-order valence-corrected chi connectivity index (χ3v) is 4.09. The van der Waals surface area contributed by atoms with Crippen LogP contribution in [0.25, 0.3) is 0 Å². The molecular formula is C15H20ClN3. The zero-order chi connectivity index (χ0) is 13.7. The Kier molecular flexibility index (Phi) is 5.07. The lowest BCUT2D eigenvalue weighted by Gasteiger charge is -2.33. The van der Waals surface area contributed by atoms with Crippen molar-refractivity contribution in [1.82, 2.24) is 4.90 Å². The Balaban J connectivity index is 1.91. The van der Waals surface area contributed by atoms with E-state index >= 15 is 0 Å². The largest absolute Gasteiger partial charge is 0.381 e. The number of hydrogen-bond acceptors (Lipinski definition) is 3. The molecule has 0 bridgehead atoms. The second-order valence-corrected chi connectivity index (χ2v) is 5.49. The Bertz CT molecular complexity index is 467. The first-order valence-electron chi connectivity index (χ1n) is 6.89. The van der Waals surface area contributed by atoms with Crippen molar-refractivity contribution in [3.63, 3.8) is 0 Å². The maximum atomic E-state index is 9.07. The van der Waals surface area contributed by atoms with Crippen molar-refractivity contribution in [2.45, 2.75) is 32.2 Å². The minimum Gasteiger partial charge on any atom is -0.381 e. The van der Waals surface area contributed by atoms with Crippen molar-refractivity contribution in [3.05, 3.63) is 28.8 Å². The Morgan fingerprint density at radius 1 is 1.47 bits per heavy atom. The number of hydrogen-bond donors (Lipinski definition) is 1. The number of nitrogens with one attached hydrogen (secondary N) is 1. The van der Waals surface area contributed by atoms with E-state index in [-0.39, 0.29) is 0 Å². The van der Waals surface area contributed by atoms with E-state index in [2.05, 4.69) is 23.2 Å². The molecular weight excluding hydrogens is 258 g/mol. The van der Waals surface area contributed by atoms with Crippen LogP contribution in [0.2, 0.25) is 5.02 Å². The van der Waals surface area contributed by atoms with Gasteiger partial charge in [-0.2, -0.15) is 5.26 Å². The molecule has 1 aliphatic heterocycles. The van der Waals surface area contributed by atoms with E-state index in [0.29, 0.717) is 16.6 Å². The van der Waals surface area contributed by atoms with Gasteiger partial charge in [0.2, 0.25) is 0 Å². The molecule has 0 saturated carbocycles. The molecule has 3 nitrogen and oxygen atoms in total. The Morgan fingerprint density at radius 2 is 2.32 bits per heavy atom. The summed E-state index contributed by atoms with van der Waals surface area (Å²) in [4.78, 5) is 2.50. The number of nitriles is 1. The number of halogens is 1. The summed E-state index contributed by atoms with van der Waals surface area (Å²) in [5, 5.41) is 13.0. The van der Waals surface area contributed by atoms with Gasteiger partial charge in [-0.25, -0.2) is 0 Å². The van der Waals surface area contributed by atoms with Crippen LogP contribution in [0.1, 0.15) is 31.7 Å². The fourth-order valence-corrected chi connectivity index (χ4v) is 2.85. The van der Waals surface area contributed by atoms with Gasteiger partial charge in [0.1, 0.15) is 6.07 Å². The molecule has 1 aromatic rings. The third kappa shape index (κ3) is 3.62. The van der Waals surface area contributed by atoms with Crippen molar-refractivity contribution in [3.8, 4) is 6.07 Å². The van der Waals surface area contributed by atoms with E-state index in [1.807, 2.05) is 6.07 Å². The van der Waals surface area contributed by atoms with Crippen molar-refractivity contribution in [2.75, 3.05) is 25.0 Å². The van der Waals surface area contributed by atoms with Gasteiger partial charge in [-0.1, -0.05) is 24.1 Å². The predicted molar refractivity (Wildman–Crippen MR) is 79.5 cm³/mol. The van der Waals surface area contributed by atoms with E-state index in [1.165, 1.54) is 25.8 Å². The van der Waals surface area contributed by atoms with Crippen LogP contribution >= 0.6 is 11.6 Å². The molecule has 0 aromatic heterocycles. The lowest BCUT2D eigenvalue weighted by Crippen LogP contribution is -2.40. The number of anilines is 1. The summed E-state index contributed by atoms with van der Waals surface area (Å²) in [5.74, 6) is 0. The van der Waals surface area contributed by atoms with Crippen LogP contribution in [0.15, 0.2) is 18.2 Å². The van der Waals surface area contributed by atoms with Crippen LogP contribution in [-0.2, 0) is 0 Å². The molecule has 19 heavy (non-hydrogen) atoms. The second-order valence-electron chi connectivity index (χ2n) is 5.08. The molecule has 1 fully saturated rings. The molecule has 102 valence electrons. The quantitative estimate of drug-likeness (QED) is 0.916. The summed E-state index contributed by atoms with van der Waals surface area (Å²) in [6.45, 7) is 5.28. The standard InChI is InChI=1S/C15H20ClN3/c1-12-5-2-3-9-19(12)10-8-18-15-13(11-17)6-4-7-14(15)16/h4,6-7,12,18H,2-3,5,8-10H2,1H3. The van der Waals surface area contributed by atoms with Crippen molar-refractivity contribution in [2.24, 2.45) is 0 Å². The van der Waals surface area contributed by atoms with Crippen LogP contribution in [0.5, 0.6) is 0 Å². The lowest BCUT2D eigenvalue weighted by molar-refractivity contribution is 0.167. The molecule has 4 heteroatoms. The lowest BCUT2D eigenvalue weighted by atomic mass is 10.0. The van der Waals surface area contributed by atoms with Crippen LogP contribution in [0.4, 0.5) is 5.69 Å². The Labute approximate surface area is 120 Å². The number of para-hydroxylation sites is 1. The molecule has 0 amide bonds. The van der Waals surface area contributed by atoms with Gasteiger partial charge in [-0.3, -0.25) is 4.90 Å². The summed E-state index contributed by atoms with van der Waals surface area (Å²) in [7, 11) is 0. The zero-order valence-electron chi connectivity index (χ0n) is 11.3. The summed E-state index contributed by atoms with van der Waals surface area (Å²) in [6.07, 6.45) is 3.92. The monoisotopic (exact) mass is 277 g/mol. The molecule has 1 N–H and O–H groups in total. The summed E-state index contributed by atoms with van der Waals surface area (Å²) < 4.78 is 0. The summed E-state index contributed by atoms with van der Waals surface area (Å²) in [5.41, 5.74) is 1.37. The topological polar surface area (TPSA) is 39.1 Å². The van der Waals surface area contributed by atoms with Gasteiger partial charge in [-0.05, 0) is 38.4 Å². The highest BCUT2D eigenvalue weighted by Crippen LogP contribution is 2.25. The molecule has 1 heterocycles. The fraction of sp³-hybridized carbons (Fsp3) is 0.533. The van der Waals surface area contributed by atoms with Crippen LogP contribution < -0.4 is 5.32 Å². The van der Waals surface area contributed by atoms with E-state index in [1.54, 1.807) is 12.1 Å². The second kappa shape index (κ2) is 6.79. The Morgan fingerprint density at radius 3 is 3.05 bits per heavy atom. The van der Waals surface area contributed by atoms with Crippen LogP contribution in [0, 0.1) is 11.3 Å². The zero-order valence-corrected chi connectivity index (χ0v) is 12.1. The van der Waals surface area contributed by atoms with Gasteiger partial charge in [0.25, 0.3) is 0 Å². The number of nitrogens with zero attached hydrogens (tertiary/aromatic N) is 2. The Hall–Kier alpha value is -1.24. The molecule has 0 spiro atoms. The highest BCUT2D eigenvalue weighted by Gasteiger charge is 2.17. The number of benzene rings is 1. The molecule has 0 radical (unpaired) electrons. The van der Waals surface area contributed by atoms with Crippen LogP contribution in [0.3, 0.4) is 0 Å². The highest BCUT2D eigenvalue weighted by atomic mass is 35.5. The maximum absolute atomic E-state index is 9.07. The highest BCUT2D eigenvalue weighted by molar-refractivity contribution is 6.33. The van der Waals surface area contributed by atoms with Crippen molar-refractivity contribution < 1.29 is 0 Å².